The number of carbonyl (C=O) groups excluding carboxylic acids is 3. The number of hydrogen-bond acceptors (Lipinski definition) is 4. The maximum absolute atomic E-state index is 11.0. The van der Waals surface area contributed by atoms with Crippen molar-refractivity contribution in [2.75, 3.05) is 6.61 Å². The molecule has 0 spiro atoms. The zero-order valence-corrected chi connectivity index (χ0v) is 8.19. The first-order valence-electron chi connectivity index (χ1n) is 4.82. The van der Waals surface area contributed by atoms with Crippen LogP contribution in [0.15, 0.2) is 0 Å². The Kier molecular flexibility index (Phi) is 3.80. The quantitative estimate of drug-likeness (QED) is 0.371. The van der Waals surface area contributed by atoms with Crippen LogP contribution >= 0.6 is 0 Å². The summed E-state index contributed by atoms with van der Waals surface area (Å²) in [6.45, 7) is 2.15. The van der Waals surface area contributed by atoms with E-state index in [0.717, 1.165) is 0 Å². The molecule has 0 saturated heterocycles. The predicted molar refractivity (Wildman–Crippen MR) is 48.5 cm³/mol. The third kappa shape index (κ3) is 2.65. The lowest BCUT2D eigenvalue weighted by Gasteiger charge is -2.32. The Morgan fingerprint density at radius 3 is 2.57 bits per heavy atom. The molecule has 0 aromatic rings. The lowest BCUT2D eigenvalue weighted by atomic mass is 9.71. The van der Waals surface area contributed by atoms with Crippen molar-refractivity contribution >= 4 is 18.0 Å². The van der Waals surface area contributed by atoms with E-state index in [1.54, 1.807) is 6.92 Å². The molecule has 1 fully saturated rings. The molecule has 4 nitrogen and oxygen atoms in total. The molecule has 4 heteroatoms. The van der Waals surface area contributed by atoms with Crippen molar-refractivity contribution in [1.29, 1.82) is 0 Å². The molecule has 0 radical (unpaired) electrons. The van der Waals surface area contributed by atoms with Gasteiger partial charge in [0.15, 0.2) is 12.1 Å². The molecule has 0 aromatic heterocycles. The Morgan fingerprint density at radius 2 is 2.07 bits per heavy atom. The number of ketones is 1. The number of ether oxygens (including phenoxy) is 1. The van der Waals surface area contributed by atoms with E-state index in [4.69, 9.17) is 4.74 Å². The van der Waals surface area contributed by atoms with E-state index in [0.29, 0.717) is 32.2 Å². The minimum atomic E-state index is -0.342. The third-order valence-electron chi connectivity index (χ3n) is 2.51. The standard InChI is InChI=1S/C10H14O4/c1-2-14-10(13)5-7-3-8(4-7)9(12)6-11/h6-8H,2-5H2,1H3. The average molecular weight is 198 g/mol. The predicted octanol–water partition coefficient (Wildman–Crippen LogP) is 0.734. The first kappa shape index (κ1) is 10.9. The molecular weight excluding hydrogens is 184 g/mol. The molecule has 1 saturated carbocycles. The van der Waals surface area contributed by atoms with E-state index in [9.17, 15) is 14.4 Å². The highest BCUT2D eigenvalue weighted by Crippen LogP contribution is 2.36. The van der Waals surface area contributed by atoms with Crippen LogP contribution in [0, 0.1) is 11.8 Å². The minimum Gasteiger partial charge on any atom is -0.466 e. The number of hydrogen-bond donors (Lipinski definition) is 0. The highest BCUT2D eigenvalue weighted by Gasteiger charge is 2.35. The molecule has 0 amide bonds. The molecule has 0 aliphatic heterocycles. The van der Waals surface area contributed by atoms with Gasteiger partial charge >= 0.3 is 5.97 Å². The maximum Gasteiger partial charge on any atom is 0.306 e. The average Bonchev–Trinajstić information content (AvgIpc) is 2.10. The fourth-order valence-electron chi connectivity index (χ4n) is 1.69. The summed E-state index contributed by atoms with van der Waals surface area (Å²) >= 11 is 0. The SMILES string of the molecule is CCOC(=O)CC1CC(C(=O)C=O)C1. The van der Waals surface area contributed by atoms with Crippen molar-refractivity contribution in [2.45, 2.75) is 26.2 Å². The molecule has 0 heterocycles. The van der Waals surface area contributed by atoms with E-state index in [1.165, 1.54) is 0 Å². The summed E-state index contributed by atoms with van der Waals surface area (Å²) in [6, 6.07) is 0. The Hall–Kier alpha value is -1.19. The summed E-state index contributed by atoms with van der Waals surface area (Å²) in [5.41, 5.74) is 0. The molecular formula is C10H14O4. The number of carbonyl (C=O) groups is 3. The summed E-state index contributed by atoms with van der Waals surface area (Å²) in [6.07, 6.45) is 2.04. The lowest BCUT2D eigenvalue weighted by Crippen LogP contribution is -2.32. The summed E-state index contributed by atoms with van der Waals surface area (Å²) in [4.78, 5) is 32.0. The molecule has 14 heavy (non-hydrogen) atoms. The third-order valence-corrected chi connectivity index (χ3v) is 2.51. The second-order valence-electron chi connectivity index (χ2n) is 3.56. The Labute approximate surface area is 82.6 Å². The van der Waals surface area contributed by atoms with Gasteiger partial charge in [0.05, 0.1) is 6.61 Å². The van der Waals surface area contributed by atoms with Crippen molar-refractivity contribution in [3.63, 3.8) is 0 Å². The molecule has 0 bridgehead atoms. The molecule has 1 aliphatic rings. The zero-order chi connectivity index (χ0) is 10.6. The number of esters is 1. The number of aldehydes is 1. The van der Waals surface area contributed by atoms with Crippen LogP contribution in [0.2, 0.25) is 0 Å². The van der Waals surface area contributed by atoms with E-state index in [-0.39, 0.29) is 23.6 Å². The zero-order valence-electron chi connectivity index (χ0n) is 8.19. The smallest absolute Gasteiger partial charge is 0.306 e. The molecule has 1 rings (SSSR count). The first-order valence-corrected chi connectivity index (χ1v) is 4.82. The van der Waals surface area contributed by atoms with Crippen LogP contribution in [-0.2, 0) is 19.1 Å². The molecule has 0 unspecified atom stereocenters. The van der Waals surface area contributed by atoms with Crippen molar-refractivity contribution in [1.82, 2.24) is 0 Å². The summed E-state index contributed by atoms with van der Waals surface area (Å²) in [7, 11) is 0. The van der Waals surface area contributed by atoms with Crippen LogP contribution < -0.4 is 0 Å². The fraction of sp³-hybridized carbons (Fsp3) is 0.700. The van der Waals surface area contributed by atoms with E-state index in [2.05, 4.69) is 0 Å². The van der Waals surface area contributed by atoms with Gasteiger partial charge in [0.25, 0.3) is 0 Å². The van der Waals surface area contributed by atoms with Gasteiger partial charge in [-0.1, -0.05) is 0 Å². The number of Topliss-reactive ketones (excluding diaryl/α,β-unsaturated/α-hetero) is 1. The van der Waals surface area contributed by atoms with Gasteiger partial charge < -0.3 is 4.74 Å². The van der Waals surface area contributed by atoms with Crippen LogP contribution in [-0.4, -0.2) is 24.6 Å². The maximum atomic E-state index is 11.0. The lowest BCUT2D eigenvalue weighted by molar-refractivity contribution is -0.146. The topological polar surface area (TPSA) is 60.4 Å². The van der Waals surface area contributed by atoms with Crippen molar-refractivity contribution in [2.24, 2.45) is 11.8 Å². The Balaban J connectivity index is 2.18. The first-order chi connectivity index (χ1) is 6.67. The molecule has 1 aliphatic carbocycles. The van der Waals surface area contributed by atoms with Gasteiger partial charge in [-0.2, -0.15) is 0 Å². The van der Waals surface area contributed by atoms with Gasteiger partial charge in [0.2, 0.25) is 0 Å². The highest BCUT2D eigenvalue weighted by atomic mass is 16.5. The Bertz CT molecular complexity index is 241. The van der Waals surface area contributed by atoms with Crippen LogP contribution in [0.1, 0.15) is 26.2 Å². The van der Waals surface area contributed by atoms with Crippen LogP contribution in [0.4, 0.5) is 0 Å². The van der Waals surface area contributed by atoms with Crippen molar-refractivity contribution < 1.29 is 19.1 Å². The summed E-state index contributed by atoms with van der Waals surface area (Å²) < 4.78 is 4.78. The molecule has 0 aromatic carbocycles. The molecule has 78 valence electrons. The normalized spacial score (nSPS) is 24.9. The Morgan fingerprint density at radius 1 is 1.43 bits per heavy atom. The molecule has 0 N–H and O–H groups in total. The summed E-state index contributed by atoms with van der Waals surface area (Å²) in [5.74, 6) is -0.477. The second-order valence-corrected chi connectivity index (χ2v) is 3.56. The van der Waals surface area contributed by atoms with Gasteiger partial charge in [0.1, 0.15) is 0 Å². The van der Waals surface area contributed by atoms with E-state index in [1.807, 2.05) is 0 Å². The van der Waals surface area contributed by atoms with Gasteiger partial charge in [-0.15, -0.1) is 0 Å². The highest BCUT2D eigenvalue weighted by molar-refractivity contribution is 6.26. The van der Waals surface area contributed by atoms with Gasteiger partial charge in [-0.25, -0.2) is 0 Å². The summed E-state index contributed by atoms with van der Waals surface area (Å²) in [5, 5.41) is 0. The van der Waals surface area contributed by atoms with Gasteiger partial charge in [0, 0.05) is 12.3 Å². The van der Waals surface area contributed by atoms with Crippen LogP contribution in [0.25, 0.3) is 0 Å². The van der Waals surface area contributed by atoms with Crippen LogP contribution in [0.5, 0.6) is 0 Å². The van der Waals surface area contributed by atoms with Gasteiger partial charge in [-0.05, 0) is 25.7 Å². The van der Waals surface area contributed by atoms with Gasteiger partial charge in [-0.3, -0.25) is 14.4 Å². The second kappa shape index (κ2) is 4.88. The monoisotopic (exact) mass is 198 g/mol. The van der Waals surface area contributed by atoms with E-state index >= 15 is 0 Å². The largest absolute Gasteiger partial charge is 0.466 e. The van der Waals surface area contributed by atoms with E-state index < -0.39 is 0 Å². The van der Waals surface area contributed by atoms with Crippen LogP contribution in [0.3, 0.4) is 0 Å². The molecule has 0 atom stereocenters. The fourth-order valence-corrected chi connectivity index (χ4v) is 1.69. The number of rotatable bonds is 5. The minimum absolute atomic E-state index is 0.146. The van der Waals surface area contributed by atoms with Crippen molar-refractivity contribution in [3.8, 4) is 0 Å². The van der Waals surface area contributed by atoms with Crippen molar-refractivity contribution in [3.05, 3.63) is 0 Å².